The van der Waals surface area contributed by atoms with Crippen molar-refractivity contribution in [2.75, 3.05) is 5.73 Å². The first-order valence-electron chi connectivity index (χ1n) is 9.36. The van der Waals surface area contributed by atoms with Crippen LogP contribution >= 0.6 is 11.8 Å². The van der Waals surface area contributed by atoms with E-state index in [-0.39, 0.29) is 21.7 Å². The highest BCUT2D eigenvalue weighted by molar-refractivity contribution is 8.03. The number of aliphatic hydroxyl groups is 1. The van der Waals surface area contributed by atoms with E-state index in [1.54, 1.807) is 36.4 Å². The fourth-order valence-electron chi connectivity index (χ4n) is 3.08. The number of anilines is 1. The van der Waals surface area contributed by atoms with Crippen molar-refractivity contribution in [3.63, 3.8) is 0 Å². The van der Waals surface area contributed by atoms with Crippen LogP contribution in [0.3, 0.4) is 0 Å². The summed E-state index contributed by atoms with van der Waals surface area (Å²) in [5.74, 6) is 0. The van der Waals surface area contributed by atoms with Gasteiger partial charge >= 0.3 is 0 Å². The molecule has 3 rings (SSSR count). The van der Waals surface area contributed by atoms with Crippen LogP contribution in [0.4, 0.5) is 17.1 Å². The minimum atomic E-state index is -1.47. The normalized spacial score (nSPS) is 12.4. The van der Waals surface area contributed by atoms with Crippen LogP contribution in [0.15, 0.2) is 76.7 Å². The van der Waals surface area contributed by atoms with Crippen molar-refractivity contribution in [3.8, 4) is 6.07 Å². The van der Waals surface area contributed by atoms with Gasteiger partial charge in [0.1, 0.15) is 12.2 Å². The number of nitro groups is 2. The summed E-state index contributed by atoms with van der Waals surface area (Å²) < 4.78 is 0. The smallest absolute Gasteiger partial charge is 0.282 e. The topological polar surface area (TPSA) is 182 Å². The van der Waals surface area contributed by atoms with E-state index >= 15 is 0 Å². The van der Waals surface area contributed by atoms with E-state index < -0.39 is 27.3 Å². The molecule has 0 aliphatic rings. The third-order valence-electron chi connectivity index (χ3n) is 4.70. The number of nitrogen functional groups attached to an aromatic ring is 1. The Labute approximate surface area is 192 Å². The van der Waals surface area contributed by atoms with Crippen LogP contribution in [-0.4, -0.2) is 15.0 Å². The van der Waals surface area contributed by atoms with Crippen LogP contribution in [0.1, 0.15) is 22.8 Å². The molecule has 10 nitrogen and oxygen atoms in total. The molecule has 0 aliphatic carbocycles. The number of rotatable bonds is 7. The van der Waals surface area contributed by atoms with Crippen LogP contribution in [0.25, 0.3) is 5.57 Å². The molecule has 3 aromatic rings. The summed E-state index contributed by atoms with van der Waals surface area (Å²) in [6.45, 7) is 0. The van der Waals surface area contributed by atoms with Crippen molar-refractivity contribution in [3.05, 3.63) is 109 Å². The monoisotopic (exact) mass is 463 g/mol. The Hall–Kier alpha value is -4.40. The summed E-state index contributed by atoms with van der Waals surface area (Å²) >= 11 is 1.11. The van der Waals surface area contributed by atoms with Crippen molar-refractivity contribution >= 4 is 34.4 Å². The minimum Gasteiger partial charge on any atom is -0.398 e. The Morgan fingerprint density at radius 1 is 1.03 bits per heavy atom. The van der Waals surface area contributed by atoms with Crippen molar-refractivity contribution < 1.29 is 15.0 Å². The maximum absolute atomic E-state index is 11.4. The van der Waals surface area contributed by atoms with Crippen LogP contribution in [-0.2, 0) is 0 Å². The summed E-state index contributed by atoms with van der Waals surface area (Å²) in [6, 6.07) is 18.2. The van der Waals surface area contributed by atoms with Gasteiger partial charge in [-0.3, -0.25) is 20.2 Å². The second kappa shape index (κ2) is 9.82. The molecule has 0 radical (unpaired) electrons. The molecule has 0 amide bonds. The first kappa shape index (κ1) is 23.3. The summed E-state index contributed by atoms with van der Waals surface area (Å²) in [6.07, 6.45) is -1.47. The van der Waals surface area contributed by atoms with E-state index in [2.05, 4.69) is 0 Å². The van der Waals surface area contributed by atoms with Gasteiger partial charge < -0.3 is 16.6 Å². The molecular formula is C22H17N5O5S. The molecular weight excluding hydrogens is 446 g/mol. The van der Waals surface area contributed by atoms with E-state index in [0.717, 1.165) is 30.0 Å². The number of hydrogen-bond acceptors (Lipinski definition) is 9. The second-order valence-corrected chi connectivity index (χ2v) is 7.86. The number of thioether (sulfide) groups is 1. The number of benzene rings is 3. The molecule has 0 aliphatic heterocycles. The number of nitrogens with two attached hydrogens (primary N) is 2. The highest BCUT2D eigenvalue weighted by atomic mass is 32.2. The predicted octanol–water partition coefficient (Wildman–Crippen LogP) is 4.11. The maximum Gasteiger partial charge on any atom is 0.282 e. The van der Waals surface area contributed by atoms with Crippen molar-refractivity contribution in [2.24, 2.45) is 5.73 Å². The zero-order valence-corrected chi connectivity index (χ0v) is 17.7. The molecule has 0 saturated heterocycles. The molecule has 1 unspecified atom stereocenters. The molecule has 0 heterocycles. The third-order valence-corrected chi connectivity index (χ3v) is 5.72. The Morgan fingerprint density at radius 3 is 2.39 bits per heavy atom. The Bertz CT molecular complexity index is 1320. The molecule has 0 spiro atoms. The lowest BCUT2D eigenvalue weighted by molar-refractivity contribution is -0.394. The fraction of sp³-hybridized carbons (Fsp3) is 0.0455. The van der Waals surface area contributed by atoms with Crippen LogP contribution < -0.4 is 11.5 Å². The zero-order chi connectivity index (χ0) is 24.1. The average Bonchev–Trinajstić information content (AvgIpc) is 2.80. The Balaban J connectivity index is 2.01. The molecule has 1 atom stereocenters. The van der Waals surface area contributed by atoms with Crippen molar-refractivity contribution in [1.29, 1.82) is 5.26 Å². The van der Waals surface area contributed by atoms with E-state index in [1.807, 2.05) is 6.07 Å². The number of nitrogens with zero attached hydrogens (tertiary/aromatic N) is 3. The van der Waals surface area contributed by atoms with Gasteiger partial charge in [-0.15, -0.1) is 0 Å². The van der Waals surface area contributed by atoms with Crippen LogP contribution in [0, 0.1) is 31.6 Å². The Kier molecular flexibility index (Phi) is 6.92. The van der Waals surface area contributed by atoms with E-state index in [0.29, 0.717) is 16.1 Å². The number of nitriles is 1. The summed E-state index contributed by atoms with van der Waals surface area (Å²) in [5, 5.41) is 43.1. The summed E-state index contributed by atoms with van der Waals surface area (Å²) in [7, 11) is 0. The predicted molar refractivity (Wildman–Crippen MR) is 124 cm³/mol. The summed E-state index contributed by atoms with van der Waals surface area (Å²) in [5.41, 5.74) is 12.2. The molecule has 0 fully saturated rings. The minimum absolute atomic E-state index is 0.121. The molecule has 0 saturated carbocycles. The quantitative estimate of drug-likeness (QED) is 0.152. The maximum atomic E-state index is 11.4. The number of hydrogen-bond donors (Lipinski definition) is 3. The van der Waals surface area contributed by atoms with Gasteiger partial charge in [0.2, 0.25) is 0 Å². The van der Waals surface area contributed by atoms with Gasteiger partial charge in [-0.05, 0) is 35.4 Å². The van der Waals surface area contributed by atoms with E-state index in [1.165, 1.54) is 12.1 Å². The van der Waals surface area contributed by atoms with Crippen molar-refractivity contribution in [1.82, 2.24) is 0 Å². The molecule has 166 valence electrons. The highest BCUT2D eigenvalue weighted by Crippen LogP contribution is 2.36. The number of aliphatic hydroxyl groups excluding tert-OH is 1. The van der Waals surface area contributed by atoms with Crippen LogP contribution in [0.5, 0.6) is 0 Å². The highest BCUT2D eigenvalue weighted by Gasteiger charge is 2.25. The van der Waals surface area contributed by atoms with Gasteiger partial charge in [0, 0.05) is 16.6 Å². The lowest BCUT2D eigenvalue weighted by Crippen LogP contribution is -2.06. The number of allylic oxidation sites excluding steroid dienone is 1. The molecule has 0 bridgehead atoms. The molecule has 11 heteroatoms. The molecule has 0 aromatic heterocycles. The summed E-state index contributed by atoms with van der Waals surface area (Å²) in [4.78, 5) is 21.5. The lowest BCUT2D eigenvalue weighted by Gasteiger charge is -2.14. The number of para-hydroxylation sites is 1. The number of nitro benzene ring substituents is 2. The largest absolute Gasteiger partial charge is 0.398 e. The van der Waals surface area contributed by atoms with Gasteiger partial charge in [-0.2, -0.15) is 5.26 Å². The Morgan fingerprint density at radius 2 is 1.76 bits per heavy atom. The zero-order valence-electron chi connectivity index (χ0n) is 16.9. The first-order chi connectivity index (χ1) is 15.7. The van der Waals surface area contributed by atoms with Crippen LogP contribution in [0.2, 0.25) is 0 Å². The van der Waals surface area contributed by atoms with Gasteiger partial charge in [0.25, 0.3) is 11.4 Å². The first-order valence-corrected chi connectivity index (χ1v) is 10.2. The van der Waals surface area contributed by atoms with Gasteiger partial charge in [-0.25, -0.2) is 0 Å². The average molecular weight is 463 g/mol. The third kappa shape index (κ3) is 5.09. The van der Waals surface area contributed by atoms with Gasteiger partial charge in [0.15, 0.2) is 0 Å². The lowest BCUT2D eigenvalue weighted by atomic mass is 9.96. The molecule has 5 N–H and O–H groups in total. The SMILES string of the molecule is N#C/C(=C(/N)Sc1ccccc1N)c1cccc(C(O)c2ccc([N+](=O)[O-])cc2[N+](=O)[O-])c1. The second-order valence-electron chi connectivity index (χ2n) is 6.78. The molecule has 33 heavy (non-hydrogen) atoms. The van der Waals surface area contributed by atoms with Gasteiger partial charge in [-0.1, -0.05) is 42.1 Å². The standard InChI is InChI=1S/C22H17N5O5S/c23-12-17(22(25)33-20-7-2-1-6-18(20)24)13-4-3-5-14(10-13)21(28)16-9-8-15(26(29)30)11-19(16)27(31)32/h1-11,21,28H,24-25H2/b22-17+. The fourth-order valence-corrected chi connectivity index (χ4v) is 3.92. The van der Waals surface area contributed by atoms with Gasteiger partial charge in [0.05, 0.1) is 32.1 Å². The number of non-ortho nitro benzene ring substituents is 1. The van der Waals surface area contributed by atoms with E-state index in [4.69, 9.17) is 11.5 Å². The van der Waals surface area contributed by atoms with E-state index in [9.17, 15) is 30.6 Å². The molecule has 3 aromatic carbocycles. The van der Waals surface area contributed by atoms with Crippen molar-refractivity contribution in [2.45, 2.75) is 11.0 Å².